The van der Waals surface area contributed by atoms with E-state index < -0.39 is 0 Å². The van der Waals surface area contributed by atoms with Gasteiger partial charge >= 0.3 is 0 Å². The van der Waals surface area contributed by atoms with Crippen molar-refractivity contribution < 1.29 is 4.79 Å². The third kappa shape index (κ3) is 5.41. The summed E-state index contributed by atoms with van der Waals surface area (Å²) in [4.78, 5) is 18.9. The smallest absolute Gasteiger partial charge is 0.234 e. The third-order valence-electron chi connectivity index (χ3n) is 4.92. The first-order valence-electron chi connectivity index (χ1n) is 9.50. The molecule has 1 amide bonds. The zero-order valence-electron chi connectivity index (χ0n) is 16.1. The van der Waals surface area contributed by atoms with Crippen LogP contribution in [0.4, 0.5) is 0 Å². The van der Waals surface area contributed by atoms with E-state index in [9.17, 15) is 4.79 Å². The molecule has 1 saturated heterocycles. The van der Waals surface area contributed by atoms with Crippen molar-refractivity contribution in [2.24, 2.45) is 0 Å². The number of carbonyl (C=O) groups excluding carboxylic acids is 1. The molecule has 0 radical (unpaired) electrons. The number of hydrogen-bond donors (Lipinski definition) is 2. The Morgan fingerprint density at radius 1 is 1.17 bits per heavy atom. The van der Waals surface area contributed by atoms with Gasteiger partial charge < -0.3 is 10.6 Å². The summed E-state index contributed by atoms with van der Waals surface area (Å²) in [7, 11) is 0. The molecule has 3 heterocycles. The van der Waals surface area contributed by atoms with Crippen molar-refractivity contribution in [2.45, 2.75) is 12.6 Å². The lowest BCUT2D eigenvalue weighted by Gasteiger charge is -2.35. The van der Waals surface area contributed by atoms with E-state index in [1.807, 2.05) is 53.5 Å². The predicted molar refractivity (Wildman–Crippen MR) is 114 cm³/mol. The van der Waals surface area contributed by atoms with Crippen LogP contribution in [0.3, 0.4) is 0 Å². The quantitative estimate of drug-likeness (QED) is 0.647. The molecule has 1 atom stereocenters. The molecule has 2 N–H and O–H groups in total. The summed E-state index contributed by atoms with van der Waals surface area (Å²) in [5.74, 6) is 0.0169. The van der Waals surface area contributed by atoms with Crippen molar-refractivity contribution in [1.82, 2.24) is 30.3 Å². The van der Waals surface area contributed by atoms with E-state index in [2.05, 4.69) is 31.7 Å². The van der Waals surface area contributed by atoms with Gasteiger partial charge in [-0.05, 0) is 23.8 Å². The summed E-state index contributed by atoms with van der Waals surface area (Å²) in [6, 6.07) is 14.1. The van der Waals surface area contributed by atoms with E-state index >= 15 is 0 Å². The van der Waals surface area contributed by atoms with Gasteiger partial charge in [-0.3, -0.25) is 14.7 Å². The van der Waals surface area contributed by atoms with Crippen molar-refractivity contribution >= 4 is 18.3 Å². The lowest BCUT2D eigenvalue weighted by atomic mass is 10.1. The fraction of sp³-hybridized carbons (Fsp3) is 0.286. The van der Waals surface area contributed by atoms with Crippen LogP contribution in [-0.2, 0) is 11.3 Å². The van der Waals surface area contributed by atoms with Gasteiger partial charge in [-0.15, -0.1) is 12.4 Å². The number of nitrogens with one attached hydrogen (secondary N) is 2. The number of pyridine rings is 1. The molecule has 0 saturated carbocycles. The van der Waals surface area contributed by atoms with Gasteiger partial charge in [-0.2, -0.15) is 5.10 Å². The molecule has 0 aliphatic carbocycles. The number of carbonyl (C=O) groups is 1. The van der Waals surface area contributed by atoms with Gasteiger partial charge in [0.1, 0.15) is 0 Å². The number of rotatable bonds is 6. The molecule has 2 aromatic heterocycles. The first kappa shape index (κ1) is 21.0. The number of nitrogens with zero attached hydrogens (tertiary/aromatic N) is 4. The topological polar surface area (TPSA) is 75.1 Å². The third-order valence-corrected chi connectivity index (χ3v) is 4.92. The first-order chi connectivity index (χ1) is 13.8. The SMILES string of the molecule is Cl.O=C(CN1CCNCC1c1cccnc1)NCc1cnn(-c2ccccc2)c1. The lowest BCUT2D eigenvalue weighted by Crippen LogP contribution is -2.49. The summed E-state index contributed by atoms with van der Waals surface area (Å²) in [5, 5.41) is 10.8. The molecule has 8 heteroatoms. The van der Waals surface area contributed by atoms with Gasteiger partial charge in [0.05, 0.1) is 18.4 Å². The molecule has 29 heavy (non-hydrogen) atoms. The van der Waals surface area contributed by atoms with E-state index in [1.165, 1.54) is 0 Å². The largest absolute Gasteiger partial charge is 0.351 e. The Kier molecular flexibility index (Phi) is 7.35. The van der Waals surface area contributed by atoms with Gasteiger partial charge in [0.15, 0.2) is 0 Å². The molecule has 0 spiro atoms. The zero-order valence-corrected chi connectivity index (χ0v) is 16.9. The average molecular weight is 413 g/mol. The predicted octanol–water partition coefficient (Wildman–Crippen LogP) is 1.95. The molecule has 152 valence electrons. The van der Waals surface area contributed by atoms with Crippen molar-refractivity contribution in [3.63, 3.8) is 0 Å². The highest BCUT2D eigenvalue weighted by Gasteiger charge is 2.25. The zero-order chi connectivity index (χ0) is 19.2. The van der Waals surface area contributed by atoms with Crippen LogP contribution in [0.15, 0.2) is 67.3 Å². The average Bonchev–Trinajstić information content (AvgIpc) is 3.23. The van der Waals surface area contributed by atoms with Crippen LogP contribution in [0.5, 0.6) is 0 Å². The normalized spacial score (nSPS) is 16.8. The van der Waals surface area contributed by atoms with Crippen LogP contribution in [0, 0.1) is 0 Å². The summed E-state index contributed by atoms with van der Waals surface area (Å²) in [6.07, 6.45) is 7.38. The highest BCUT2D eigenvalue weighted by Crippen LogP contribution is 2.20. The number of benzene rings is 1. The Hall–Kier alpha value is -2.74. The molecule has 1 aromatic carbocycles. The van der Waals surface area contributed by atoms with Crippen LogP contribution in [0.1, 0.15) is 17.2 Å². The number of halogens is 1. The standard InChI is InChI=1S/C21H24N6O.ClH/c28-21(16-26-10-9-23-14-20(26)18-5-4-8-22-13-18)24-11-17-12-25-27(15-17)19-6-2-1-3-7-19;/h1-8,12-13,15,20,23H,9-11,14,16H2,(H,24,28);1H. The Labute approximate surface area is 176 Å². The van der Waals surface area contributed by atoms with Crippen LogP contribution in [-0.4, -0.2) is 51.8 Å². The molecule has 7 nitrogen and oxygen atoms in total. The molecule has 1 aliphatic heterocycles. The number of para-hydroxylation sites is 1. The molecule has 1 fully saturated rings. The Balaban J connectivity index is 0.00000240. The van der Waals surface area contributed by atoms with E-state index in [4.69, 9.17) is 0 Å². The molecule has 1 unspecified atom stereocenters. The summed E-state index contributed by atoms with van der Waals surface area (Å²) < 4.78 is 1.82. The highest BCUT2D eigenvalue weighted by molar-refractivity contribution is 5.85. The Morgan fingerprint density at radius 2 is 2.03 bits per heavy atom. The lowest BCUT2D eigenvalue weighted by molar-refractivity contribution is -0.123. The van der Waals surface area contributed by atoms with Crippen molar-refractivity contribution in [2.75, 3.05) is 26.2 Å². The van der Waals surface area contributed by atoms with Crippen molar-refractivity contribution in [1.29, 1.82) is 0 Å². The summed E-state index contributed by atoms with van der Waals surface area (Å²) >= 11 is 0. The van der Waals surface area contributed by atoms with Gasteiger partial charge in [0, 0.05) is 56.4 Å². The number of piperazine rings is 1. The minimum absolute atomic E-state index is 0. The number of aromatic nitrogens is 3. The summed E-state index contributed by atoms with van der Waals surface area (Å²) in [6.45, 7) is 3.37. The van der Waals surface area contributed by atoms with Gasteiger partial charge in [-0.1, -0.05) is 24.3 Å². The maximum Gasteiger partial charge on any atom is 0.234 e. The molecular weight excluding hydrogens is 388 g/mol. The minimum atomic E-state index is 0. The second-order valence-corrected chi connectivity index (χ2v) is 6.88. The van der Waals surface area contributed by atoms with Gasteiger partial charge in [0.2, 0.25) is 5.91 Å². The van der Waals surface area contributed by atoms with E-state index in [-0.39, 0.29) is 24.4 Å². The fourth-order valence-electron chi connectivity index (χ4n) is 3.45. The second kappa shape index (κ2) is 10.2. The van der Waals surface area contributed by atoms with Gasteiger partial charge in [-0.25, -0.2) is 4.68 Å². The maximum atomic E-state index is 12.5. The number of hydrogen-bond acceptors (Lipinski definition) is 5. The van der Waals surface area contributed by atoms with Crippen molar-refractivity contribution in [3.05, 3.63) is 78.4 Å². The monoisotopic (exact) mass is 412 g/mol. The Morgan fingerprint density at radius 3 is 2.83 bits per heavy atom. The Bertz CT molecular complexity index is 902. The molecule has 3 aromatic rings. The van der Waals surface area contributed by atoms with E-state index in [0.717, 1.165) is 36.4 Å². The summed E-state index contributed by atoms with van der Waals surface area (Å²) in [5.41, 5.74) is 3.10. The molecule has 0 bridgehead atoms. The fourth-order valence-corrected chi connectivity index (χ4v) is 3.45. The van der Waals surface area contributed by atoms with E-state index in [1.54, 1.807) is 12.4 Å². The van der Waals surface area contributed by atoms with Crippen molar-refractivity contribution in [3.8, 4) is 5.69 Å². The molecular formula is C21H25ClN6O. The number of amides is 1. The second-order valence-electron chi connectivity index (χ2n) is 6.88. The maximum absolute atomic E-state index is 12.5. The highest BCUT2D eigenvalue weighted by atomic mass is 35.5. The van der Waals surface area contributed by atoms with Gasteiger partial charge in [0.25, 0.3) is 0 Å². The first-order valence-corrected chi connectivity index (χ1v) is 9.50. The van der Waals surface area contributed by atoms with Crippen LogP contribution >= 0.6 is 12.4 Å². The minimum Gasteiger partial charge on any atom is -0.351 e. The van der Waals surface area contributed by atoms with Crippen LogP contribution in [0.2, 0.25) is 0 Å². The van der Waals surface area contributed by atoms with Crippen LogP contribution in [0.25, 0.3) is 5.69 Å². The molecule has 1 aliphatic rings. The van der Waals surface area contributed by atoms with Crippen LogP contribution < -0.4 is 10.6 Å². The van der Waals surface area contributed by atoms with E-state index in [0.29, 0.717) is 13.1 Å². The molecule has 4 rings (SSSR count).